The number of hydrogen-bond acceptors (Lipinski definition) is 4. The predicted octanol–water partition coefficient (Wildman–Crippen LogP) is 5.49. The Morgan fingerprint density at radius 1 is 1.35 bits per heavy atom. The lowest BCUT2D eigenvalue weighted by molar-refractivity contribution is -0.127. The van der Waals surface area contributed by atoms with E-state index in [2.05, 4.69) is 35.8 Å². The molecular weight excluding hydrogens is 384 g/mol. The molecule has 0 saturated carbocycles. The Labute approximate surface area is 165 Å². The van der Waals surface area contributed by atoms with Crippen molar-refractivity contribution in [2.75, 3.05) is 6.54 Å². The first-order valence-electron chi connectivity index (χ1n) is 8.28. The molecule has 1 aliphatic rings. The lowest BCUT2D eigenvalue weighted by Gasteiger charge is -2.33. The summed E-state index contributed by atoms with van der Waals surface area (Å²) in [6, 6.07) is 10.4. The van der Waals surface area contributed by atoms with E-state index in [1.165, 1.54) is 22.8 Å². The van der Waals surface area contributed by atoms with Gasteiger partial charge in [0.1, 0.15) is 0 Å². The van der Waals surface area contributed by atoms with Gasteiger partial charge < -0.3 is 4.90 Å². The van der Waals surface area contributed by atoms with E-state index in [9.17, 15) is 4.79 Å². The van der Waals surface area contributed by atoms with Gasteiger partial charge in [-0.3, -0.25) is 4.79 Å². The van der Waals surface area contributed by atoms with Crippen LogP contribution in [0.15, 0.2) is 49.2 Å². The molecule has 132 valence electrons. The SMILES string of the molecule is C=CC(=O)N1Cc2sc(Cl)cc2[C@H](c2ccccc2-c2cnc(C)s2)C1. The highest BCUT2D eigenvalue weighted by Crippen LogP contribution is 2.43. The van der Waals surface area contributed by atoms with Crippen molar-refractivity contribution in [3.05, 3.63) is 74.5 Å². The van der Waals surface area contributed by atoms with Gasteiger partial charge in [-0.05, 0) is 35.8 Å². The van der Waals surface area contributed by atoms with Crippen LogP contribution in [0.25, 0.3) is 10.4 Å². The van der Waals surface area contributed by atoms with E-state index in [-0.39, 0.29) is 11.8 Å². The number of carbonyl (C=O) groups is 1. The molecule has 1 atom stereocenters. The fourth-order valence-corrected chi connectivity index (χ4v) is 5.64. The molecule has 1 aromatic carbocycles. The summed E-state index contributed by atoms with van der Waals surface area (Å²) in [5, 5.41) is 1.04. The van der Waals surface area contributed by atoms with Gasteiger partial charge in [0.2, 0.25) is 5.91 Å². The number of fused-ring (bicyclic) bond motifs is 1. The number of carbonyl (C=O) groups excluding carboxylic acids is 1. The maximum absolute atomic E-state index is 12.3. The fourth-order valence-electron chi connectivity index (χ4n) is 3.46. The molecule has 0 radical (unpaired) electrons. The van der Waals surface area contributed by atoms with Crippen LogP contribution in [0.3, 0.4) is 0 Å². The molecule has 0 spiro atoms. The number of thiophene rings is 1. The Balaban J connectivity index is 1.84. The number of hydrogen-bond donors (Lipinski definition) is 0. The molecule has 4 rings (SSSR count). The van der Waals surface area contributed by atoms with E-state index in [0.717, 1.165) is 19.1 Å². The molecule has 3 heterocycles. The second kappa shape index (κ2) is 6.99. The quantitative estimate of drug-likeness (QED) is 0.544. The summed E-state index contributed by atoms with van der Waals surface area (Å²) in [6.07, 6.45) is 3.31. The van der Waals surface area contributed by atoms with Crippen LogP contribution < -0.4 is 0 Å². The normalized spacial score (nSPS) is 16.4. The number of aryl methyl sites for hydroxylation is 1. The Hall–Kier alpha value is -1.95. The van der Waals surface area contributed by atoms with Gasteiger partial charge in [0.05, 0.1) is 20.8 Å². The Morgan fingerprint density at radius 2 is 2.15 bits per heavy atom. The number of halogens is 1. The summed E-state index contributed by atoms with van der Waals surface area (Å²) in [4.78, 5) is 20.8. The maximum atomic E-state index is 12.3. The first kappa shape index (κ1) is 17.5. The maximum Gasteiger partial charge on any atom is 0.246 e. The number of rotatable bonds is 3. The van der Waals surface area contributed by atoms with Crippen molar-refractivity contribution in [3.63, 3.8) is 0 Å². The van der Waals surface area contributed by atoms with Crippen LogP contribution in [0.2, 0.25) is 4.34 Å². The second-order valence-electron chi connectivity index (χ2n) is 6.24. The minimum Gasteiger partial charge on any atom is -0.333 e. The van der Waals surface area contributed by atoms with Crippen LogP contribution in [0.5, 0.6) is 0 Å². The topological polar surface area (TPSA) is 33.2 Å². The van der Waals surface area contributed by atoms with Gasteiger partial charge in [-0.15, -0.1) is 22.7 Å². The second-order valence-corrected chi connectivity index (χ2v) is 9.24. The summed E-state index contributed by atoms with van der Waals surface area (Å²) in [6.45, 7) is 6.87. The summed E-state index contributed by atoms with van der Waals surface area (Å²) in [5.74, 6) is 0.0429. The molecule has 3 aromatic rings. The van der Waals surface area contributed by atoms with Gasteiger partial charge in [-0.25, -0.2) is 4.98 Å². The highest BCUT2D eigenvalue weighted by atomic mass is 35.5. The fraction of sp³-hybridized carbons (Fsp3) is 0.200. The third-order valence-electron chi connectivity index (χ3n) is 4.63. The molecule has 26 heavy (non-hydrogen) atoms. The van der Waals surface area contributed by atoms with Gasteiger partial charge >= 0.3 is 0 Å². The minimum absolute atomic E-state index is 0.0451. The van der Waals surface area contributed by atoms with E-state index < -0.39 is 0 Å². The van der Waals surface area contributed by atoms with Crippen LogP contribution >= 0.6 is 34.3 Å². The van der Waals surface area contributed by atoms with Crippen LogP contribution in [-0.4, -0.2) is 22.3 Å². The molecular formula is C20H17ClN2OS2. The zero-order valence-corrected chi connectivity index (χ0v) is 16.6. The standard InChI is InChI=1S/C20H17ClN2OS2/c1-3-20(24)23-10-16(15-8-19(21)26-18(15)11-23)13-6-4-5-7-14(13)17-9-22-12(2)25-17/h3-9,16H,1,10-11H2,2H3/t16-/m0/s1. The van der Waals surface area contributed by atoms with Crippen LogP contribution in [0.4, 0.5) is 0 Å². The Bertz CT molecular complexity index is 991. The Kier molecular flexibility index (Phi) is 4.69. The number of thiazole rings is 1. The molecule has 6 heteroatoms. The average Bonchev–Trinajstić information content (AvgIpc) is 3.24. The number of nitrogens with zero attached hydrogens (tertiary/aromatic N) is 2. The largest absolute Gasteiger partial charge is 0.333 e. The van der Waals surface area contributed by atoms with E-state index in [4.69, 9.17) is 11.6 Å². The highest BCUT2D eigenvalue weighted by Gasteiger charge is 2.31. The van der Waals surface area contributed by atoms with Crippen LogP contribution in [0.1, 0.15) is 26.9 Å². The van der Waals surface area contributed by atoms with Gasteiger partial charge in [-0.2, -0.15) is 0 Å². The lowest BCUT2D eigenvalue weighted by Crippen LogP contribution is -2.37. The molecule has 0 aliphatic carbocycles. The van der Waals surface area contributed by atoms with Gasteiger partial charge in [0, 0.05) is 23.5 Å². The monoisotopic (exact) mass is 400 g/mol. The third-order valence-corrected chi connectivity index (χ3v) is 6.84. The number of benzene rings is 1. The van der Waals surface area contributed by atoms with Crippen molar-refractivity contribution >= 4 is 40.2 Å². The minimum atomic E-state index is -0.0451. The van der Waals surface area contributed by atoms with E-state index >= 15 is 0 Å². The van der Waals surface area contributed by atoms with Crippen molar-refractivity contribution in [1.82, 2.24) is 9.88 Å². The number of amides is 1. The molecule has 1 amide bonds. The average molecular weight is 401 g/mol. The van der Waals surface area contributed by atoms with Crippen LogP contribution in [-0.2, 0) is 11.3 Å². The smallest absolute Gasteiger partial charge is 0.246 e. The van der Waals surface area contributed by atoms with E-state index in [0.29, 0.717) is 13.1 Å². The van der Waals surface area contributed by atoms with Crippen molar-refractivity contribution in [1.29, 1.82) is 0 Å². The molecule has 0 saturated heterocycles. The predicted molar refractivity (Wildman–Crippen MR) is 109 cm³/mol. The van der Waals surface area contributed by atoms with Gasteiger partial charge in [0.25, 0.3) is 0 Å². The summed E-state index contributed by atoms with van der Waals surface area (Å²) in [5.41, 5.74) is 3.60. The van der Waals surface area contributed by atoms with Gasteiger partial charge in [0.15, 0.2) is 0 Å². The highest BCUT2D eigenvalue weighted by molar-refractivity contribution is 7.16. The first-order valence-corrected chi connectivity index (χ1v) is 10.3. The summed E-state index contributed by atoms with van der Waals surface area (Å²) >= 11 is 9.55. The molecule has 0 N–H and O–H groups in total. The number of aromatic nitrogens is 1. The Morgan fingerprint density at radius 3 is 2.88 bits per heavy atom. The molecule has 0 bridgehead atoms. The van der Waals surface area contributed by atoms with Crippen molar-refractivity contribution < 1.29 is 4.79 Å². The molecule has 1 aliphatic heterocycles. The lowest BCUT2D eigenvalue weighted by atomic mass is 9.85. The zero-order chi connectivity index (χ0) is 18.3. The van der Waals surface area contributed by atoms with E-state index in [1.807, 2.05) is 24.1 Å². The molecule has 0 fully saturated rings. The third kappa shape index (κ3) is 3.11. The van der Waals surface area contributed by atoms with Gasteiger partial charge in [-0.1, -0.05) is 42.4 Å². The zero-order valence-electron chi connectivity index (χ0n) is 14.2. The first-order chi connectivity index (χ1) is 12.6. The molecule has 2 aromatic heterocycles. The van der Waals surface area contributed by atoms with Crippen molar-refractivity contribution in [3.8, 4) is 10.4 Å². The van der Waals surface area contributed by atoms with Crippen molar-refractivity contribution in [2.45, 2.75) is 19.4 Å². The van der Waals surface area contributed by atoms with Crippen LogP contribution in [0, 0.1) is 6.92 Å². The van der Waals surface area contributed by atoms with Crippen molar-refractivity contribution in [2.24, 2.45) is 0 Å². The molecule has 3 nitrogen and oxygen atoms in total. The summed E-state index contributed by atoms with van der Waals surface area (Å²) in [7, 11) is 0. The summed E-state index contributed by atoms with van der Waals surface area (Å²) < 4.78 is 0.763. The molecule has 0 unspecified atom stereocenters. The van der Waals surface area contributed by atoms with E-state index in [1.54, 1.807) is 22.7 Å².